The molecular formula is C36H21N3O. The molecule has 3 heterocycles. The van der Waals surface area contributed by atoms with Crippen LogP contribution in [0.4, 0.5) is 0 Å². The van der Waals surface area contributed by atoms with Crippen LogP contribution in [0.5, 0.6) is 0 Å². The number of furan rings is 1. The Kier molecular flexibility index (Phi) is 3.44. The smallest absolute Gasteiger partial charge is 0.238 e. The van der Waals surface area contributed by atoms with Crippen molar-refractivity contribution in [2.24, 2.45) is 0 Å². The lowest BCUT2D eigenvalue weighted by molar-refractivity contribution is 0.651. The molecule has 4 heteroatoms. The fraction of sp³-hybridized carbons (Fsp3) is 0. The molecule has 3 aromatic heterocycles. The van der Waals surface area contributed by atoms with Gasteiger partial charge in [-0.3, -0.25) is 4.57 Å². The minimum absolute atomic E-state index is 0.00197. The molecule has 0 fully saturated rings. The summed E-state index contributed by atoms with van der Waals surface area (Å²) >= 11 is 0. The van der Waals surface area contributed by atoms with Crippen LogP contribution in [0.1, 0.15) is 6.85 Å². The first-order chi connectivity index (χ1) is 21.9. The Morgan fingerprint density at radius 1 is 0.600 bits per heavy atom. The number of nitrogens with zero attached hydrogens (tertiary/aromatic N) is 3. The highest BCUT2D eigenvalue weighted by Gasteiger charge is 2.22. The highest BCUT2D eigenvalue weighted by Crippen LogP contribution is 2.40. The van der Waals surface area contributed by atoms with E-state index in [4.69, 9.17) is 21.2 Å². The molecule has 0 radical (unpaired) electrons. The summed E-state index contributed by atoms with van der Waals surface area (Å²) in [6.07, 6.45) is 0. The van der Waals surface area contributed by atoms with E-state index in [1.807, 2.05) is 53.1 Å². The van der Waals surface area contributed by atoms with Crippen molar-refractivity contribution in [2.45, 2.75) is 0 Å². The van der Waals surface area contributed by atoms with Crippen molar-refractivity contribution >= 4 is 65.4 Å². The van der Waals surface area contributed by atoms with Crippen LogP contribution in [0.2, 0.25) is 0 Å². The Morgan fingerprint density at radius 3 is 2.17 bits per heavy atom. The van der Waals surface area contributed by atoms with Gasteiger partial charge in [0, 0.05) is 21.7 Å². The predicted octanol–water partition coefficient (Wildman–Crippen LogP) is 9.45. The van der Waals surface area contributed by atoms with E-state index in [0.717, 1.165) is 43.4 Å². The van der Waals surface area contributed by atoms with Gasteiger partial charge in [0.15, 0.2) is 0 Å². The molecule has 4 nitrogen and oxygen atoms in total. The molecule has 186 valence electrons. The number of benzene rings is 6. The van der Waals surface area contributed by atoms with Gasteiger partial charge in [-0.25, -0.2) is 4.98 Å². The molecule has 9 rings (SSSR count). The molecule has 0 saturated carbocycles. The molecule has 0 bridgehead atoms. The summed E-state index contributed by atoms with van der Waals surface area (Å²) in [5, 5.41) is 7.60. The second-order valence-electron chi connectivity index (χ2n) is 9.88. The molecule has 9 aromatic rings. The minimum atomic E-state index is -0.461. The maximum absolute atomic E-state index is 8.83. The number of aromatic nitrogens is 3. The van der Waals surface area contributed by atoms with E-state index >= 15 is 0 Å². The van der Waals surface area contributed by atoms with E-state index in [9.17, 15) is 0 Å². The fourth-order valence-electron chi connectivity index (χ4n) is 5.95. The Hall–Kier alpha value is -5.48. The third kappa shape index (κ3) is 2.96. The molecular weight excluding hydrogens is 490 g/mol. The van der Waals surface area contributed by atoms with Crippen LogP contribution in [0.15, 0.2) is 132 Å². The standard InChI is InChI=1S/C36H21N3O/c1-2-11-23(12-3-1)34-33-27-16-8-9-17-31(27)40-35(33)38-36(37-34)39-29-19-18-22-10-6-7-15-26(22)32(29)28-20-24-13-4-5-14-25(24)21-30(28)39/h1-21H/i1D,2D,3D,11D,12D. The third-order valence-corrected chi connectivity index (χ3v) is 7.69. The molecule has 6 aromatic carbocycles. The monoisotopic (exact) mass is 516 g/mol. The Morgan fingerprint density at radius 2 is 1.32 bits per heavy atom. The average molecular weight is 517 g/mol. The summed E-state index contributed by atoms with van der Waals surface area (Å²) in [5.74, 6) is 0.272. The quantitative estimate of drug-likeness (QED) is 0.230. The maximum atomic E-state index is 8.83. The Bertz CT molecular complexity index is 2700. The highest BCUT2D eigenvalue weighted by atomic mass is 16.3. The van der Waals surface area contributed by atoms with Gasteiger partial charge in [-0.15, -0.1) is 0 Å². The van der Waals surface area contributed by atoms with Crippen LogP contribution in [0.3, 0.4) is 0 Å². The van der Waals surface area contributed by atoms with Crippen LogP contribution in [0, 0.1) is 0 Å². The van der Waals surface area contributed by atoms with Gasteiger partial charge >= 0.3 is 0 Å². The van der Waals surface area contributed by atoms with E-state index < -0.39 is 18.1 Å². The van der Waals surface area contributed by atoms with Crippen molar-refractivity contribution in [3.63, 3.8) is 0 Å². The second kappa shape index (κ2) is 8.01. The normalized spacial score (nSPS) is 13.8. The first-order valence-corrected chi connectivity index (χ1v) is 13.0. The van der Waals surface area contributed by atoms with Crippen LogP contribution >= 0.6 is 0 Å². The van der Waals surface area contributed by atoms with Gasteiger partial charge < -0.3 is 4.42 Å². The third-order valence-electron chi connectivity index (χ3n) is 7.69. The Labute approximate surface area is 235 Å². The van der Waals surface area contributed by atoms with Crippen molar-refractivity contribution < 1.29 is 11.3 Å². The number of fused-ring (bicyclic) bond motifs is 9. The predicted molar refractivity (Wildman–Crippen MR) is 164 cm³/mol. The summed E-state index contributed by atoms with van der Waals surface area (Å²) in [5.41, 5.74) is 2.79. The first kappa shape index (κ1) is 17.2. The molecule has 0 unspecified atom stereocenters. The zero-order chi connectivity index (χ0) is 30.6. The average Bonchev–Trinajstić information content (AvgIpc) is 3.60. The van der Waals surface area contributed by atoms with E-state index in [1.54, 1.807) is 0 Å². The van der Waals surface area contributed by atoms with Crippen LogP contribution in [-0.4, -0.2) is 14.5 Å². The second-order valence-corrected chi connectivity index (χ2v) is 9.88. The van der Waals surface area contributed by atoms with Crippen molar-refractivity contribution in [3.05, 3.63) is 127 Å². The summed E-state index contributed by atoms with van der Waals surface area (Å²) in [6.45, 7) is 0. The SMILES string of the molecule is [2H]c1c([2H])c([2H])c(-c2nc(-n3c4cc5ccccc5cc4c4c5ccccc5ccc43)nc3oc4ccccc4c23)c([2H])c1[2H]. The number of hydrogen-bond acceptors (Lipinski definition) is 3. The summed E-state index contributed by atoms with van der Waals surface area (Å²) in [7, 11) is 0. The van der Waals surface area contributed by atoms with Gasteiger partial charge in [0.05, 0.1) is 29.0 Å². The summed E-state index contributed by atoms with van der Waals surface area (Å²) < 4.78 is 50.9. The van der Waals surface area contributed by atoms with Gasteiger partial charge in [0.25, 0.3) is 0 Å². The molecule has 0 saturated heterocycles. The molecule has 40 heavy (non-hydrogen) atoms. The lowest BCUT2D eigenvalue weighted by Crippen LogP contribution is -2.02. The maximum Gasteiger partial charge on any atom is 0.238 e. The van der Waals surface area contributed by atoms with Crippen LogP contribution < -0.4 is 0 Å². The zero-order valence-corrected chi connectivity index (χ0v) is 21.0. The van der Waals surface area contributed by atoms with Crippen molar-refractivity contribution in [1.82, 2.24) is 14.5 Å². The molecule has 0 atom stereocenters. The van der Waals surface area contributed by atoms with Gasteiger partial charge in [-0.2, -0.15) is 4.98 Å². The number of hydrogen-bond donors (Lipinski definition) is 0. The molecule has 0 aliphatic heterocycles. The number of rotatable bonds is 2. The lowest BCUT2D eigenvalue weighted by atomic mass is 10.0. The highest BCUT2D eigenvalue weighted by molar-refractivity contribution is 6.23. The van der Waals surface area contributed by atoms with Gasteiger partial charge in [-0.05, 0) is 45.8 Å². The molecule has 0 spiro atoms. The van der Waals surface area contributed by atoms with Crippen molar-refractivity contribution in [1.29, 1.82) is 0 Å². The van der Waals surface area contributed by atoms with E-state index in [0.29, 0.717) is 16.4 Å². The molecule has 0 aliphatic rings. The Balaban J connectivity index is 1.49. The summed E-state index contributed by atoms with van der Waals surface area (Å²) in [6, 6.07) is 30.3. The van der Waals surface area contributed by atoms with Crippen molar-refractivity contribution in [2.75, 3.05) is 0 Å². The largest absolute Gasteiger partial charge is 0.437 e. The molecule has 0 N–H and O–H groups in total. The van der Waals surface area contributed by atoms with Gasteiger partial charge in [0.2, 0.25) is 11.7 Å². The van der Waals surface area contributed by atoms with E-state index in [2.05, 4.69) is 48.5 Å². The van der Waals surface area contributed by atoms with E-state index in [-0.39, 0.29) is 35.0 Å². The molecule has 0 aliphatic carbocycles. The zero-order valence-electron chi connectivity index (χ0n) is 26.0. The minimum Gasteiger partial charge on any atom is -0.437 e. The topological polar surface area (TPSA) is 43.9 Å². The first-order valence-electron chi connectivity index (χ1n) is 15.5. The van der Waals surface area contributed by atoms with Gasteiger partial charge in [0.1, 0.15) is 5.58 Å². The summed E-state index contributed by atoms with van der Waals surface area (Å²) in [4.78, 5) is 10.0. The van der Waals surface area contributed by atoms with Crippen LogP contribution in [0.25, 0.3) is 82.6 Å². The lowest BCUT2D eigenvalue weighted by Gasteiger charge is -2.10. The number of para-hydroxylation sites is 1. The van der Waals surface area contributed by atoms with E-state index in [1.165, 1.54) is 0 Å². The van der Waals surface area contributed by atoms with Crippen molar-refractivity contribution in [3.8, 4) is 17.2 Å². The fourth-order valence-corrected chi connectivity index (χ4v) is 5.95. The van der Waals surface area contributed by atoms with Gasteiger partial charge in [-0.1, -0.05) is 103 Å². The molecule has 0 amide bonds. The van der Waals surface area contributed by atoms with Crippen LogP contribution in [-0.2, 0) is 0 Å².